The van der Waals surface area contributed by atoms with Crippen molar-refractivity contribution in [2.45, 2.75) is 54.8 Å². The summed E-state index contributed by atoms with van der Waals surface area (Å²) < 4.78 is 11.8. The minimum atomic E-state index is -1.22. The molecule has 11 rings (SSSR count). The highest BCUT2D eigenvalue weighted by atomic mass is 16.5. The minimum absolute atomic E-state index is 0.00692. The largest absolute Gasteiger partial charge is 0.340 e. The van der Waals surface area contributed by atoms with E-state index in [0.29, 0.717) is 12.8 Å². The van der Waals surface area contributed by atoms with Gasteiger partial charge in [0.15, 0.2) is 22.7 Å². The first-order chi connectivity index (χ1) is 22.0. The molecule has 0 radical (unpaired) electrons. The zero-order valence-electron chi connectivity index (χ0n) is 24.6. The van der Waals surface area contributed by atoms with Crippen LogP contribution in [-0.2, 0) is 20.8 Å². The summed E-state index contributed by atoms with van der Waals surface area (Å²) in [5, 5.41) is 0. The normalized spacial score (nSPS) is 36.4. The van der Waals surface area contributed by atoms with E-state index in [2.05, 4.69) is 0 Å². The van der Waals surface area contributed by atoms with Crippen LogP contribution in [0.15, 0.2) is 60.7 Å². The van der Waals surface area contributed by atoms with Gasteiger partial charge in [-0.25, -0.2) is 19.2 Å². The predicted molar refractivity (Wildman–Crippen MR) is 152 cm³/mol. The van der Waals surface area contributed by atoms with E-state index >= 15 is 0 Å². The van der Waals surface area contributed by atoms with Crippen molar-refractivity contribution in [1.29, 1.82) is 0 Å². The van der Waals surface area contributed by atoms with Gasteiger partial charge in [0.25, 0.3) is 0 Å². The van der Waals surface area contributed by atoms with Crippen molar-refractivity contribution >= 4 is 24.1 Å². The van der Waals surface area contributed by atoms with Crippen molar-refractivity contribution in [3.8, 4) is 0 Å². The van der Waals surface area contributed by atoms with Gasteiger partial charge >= 0.3 is 24.1 Å². The van der Waals surface area contributed by atoms with E-state index < -0.39 is 22.7 Å². The Labute approximate surface area is 258 Å². The molecule has 2 bridgehead atoms. The Kier molecular flexibility index (Phi) is 4.67. The molecule has 9 aliphatic heterocycles. The maximum atomic E-state index is 14.8. The number of carbonyl (C=O) groups is 4. The van der Waals surface area contributed by atoms with Gasteiger partial charge in [-0.1, -0.05) is 67.1 Å². The number of hydrogen-bond acceptors (Lipinski definition) is 6. The Balaban J connectivity index is 1.29. The molecule has 2 spiro atoms. The van der Waals surface area contributed by atoms with Crippen LogP contribution in [0.2, 0.25) is 0 Å². The Morgan fingerprint density at radius 2 is 0.778 bits per heavy atom. The maximum Gasteiger partial charge on any atom is 0.327 e. The quantitative estimate of drug-likeness (QED) is 0.516. The number of fused-ring (bicyclic) bond motifs is 4. The standard InChI is InChI=1S/C31H32N8O6/c40-24-32-16-34-26(42)38-20-45-21-39-27(43)35-17-33-25(41)37-19-44-18-36(24)30(37,22-10-4-1-5-11-22)28(32,33)14-8-3-9-15-29(34,35)31(38,39)23-12-6-2-7-13-23/h1-2,4-7,10-13H,3,8-9,14-21H2/t28-,29+,30+,31-. The number of urea groups is 4. The molecule has 0 saturated carbocycles. The predicted octanol–water partition coefficient (Wildman–Crippen LogP) is 2.82. The smallest absolute Gasteiger partial charge is 0.327 e. The summed E-state index contributed by atoms with van der Waals surface area (Å²) in [6, 6.07) is 18.1. The maximum absolute atomic E-state index is 14.8. The van der Waals surface area contributed by atoms with Crippen LogP contribution in [-0.4, -0.2) is 115 Å². The van der Waals surface area contributed by atoms with Crippen molar-refractivity contribution in [2.75, 3.05) is 40.3 Å². The third-order valence-corrected chi connectivity index (χ3v) is 11.7. The van der Waals surface area contributed by atoms with Crippen LogP contribution in [0.3, 0.4) is 0 Å². The molecule has 232 valence electrons. The molecule has 2 aromatic carbocycles. The molecule has 9 heterocycles. The van der Waals surface area contributed by atoms with Gasteiger partial charge in [-0.15, -0.1) is 0 Å². The highest BCUT2D eigenvalue weighted by Crippen LogP contribution is 2.66. The fourth-order valence-electron chi connectivity index (χ4n) is 10.2. The summed E-state index contributed by atoms with van der Waals surface area (Å²) >= 11 is 0. The van der Waals surface area contributed by atoms with Crippen molar-refractivity contribution in [2.24, 2.45) is 0 Å². The van der Waals surface area contributed by atoms with Gasteiger partial charge in [-0.2, -0.15) is 0 Å². The Morgan fingerprint density at radius 1 is 0.444 bits per heavy atom. The van der Waals surface area contributed by atoms with E-state index in [1.807, 2.05) is 60.7 Å². The molecule has 14 nitrogen and oxygen atoms in total. The number of nitrogens with zero attached hydrogens (tertiary/aromatic N) is 8. The van der Waals surface area contributed by atoms with Crippen LogP contribution in [0.1, 0.15) is 43.2 Å². The van der Waals surface area contributed by atoms with Crippen LogP contribution < -0.4 is 0 Å². The number of benzene rings is 2. The number of carbonyl (C=O) groups excluding carboxylic acids is 4. The number of ether oxygens (including phenoxy) is 2. The molecule has 9 aliphatic rings. The summed E-state index contributed by atoms with van der Waals surface area (Å²) in [7, 11) is 0. The second-order valence-electron chi connectivity index (χ2n) is 13.0. The molecule has 0 aliphatic carbocycles. The van der Waals surface area contributed by atoms with Crippen molar-refractivity contribution < 1.29 is 28.7 Å². The molecule has 9 fully saturated rings. The van der Waals surface area contributed by atoms with E-state index in [1.54, 1.807) is 39.2 Å². The zero-order chi connectivity index (χ0) is 30.3. The first kappa shape index (κ1) is 25.7. The van der Waals surface area contributed by atoms with E-state index in [-0.39, 0.29) is 64.4 Å². The van der Waals surface area contributed by atoms with E-state index in [1.165, 1.54) is 0 Å². The van der Waals surface area contributed by atoms with Gasteiger partial charge in [0, 0.05) is 11.1 Å². The summed E-state index contributed by atoms with van der Waals surface area (Å²) in [6.07, 6.45) is 3.24. The molecule has 0 N–H and O–H groups in total. The fourth-order valence-corrected chi connectivity index (χ4v) is 10.2. The van der Waals surface area contributed by atoms with E-state index in [0.717, 1.165) is 30.4 Å². The average molecular weight is 613 g/mol. The molecule has 9 saturated heterocycles. The van der Waals surface area contributed by atoms with Gasteiger partial charge in [0.05, 0.1) is 0 Å². The fraction of sp³-hybridized carbons (Fsp3) is 0.484. The van der Waals surface area contributed by atoms with Gasteiger partial charge in [0.2, 0.25) is 0 Å². The molecule has 0 unspecified atom stereocenters. The van der Waals surface area contributed by atoms with Gasteiger partial charge in [0.1, 0.15) is 40.3 Å². The van der Waals surface area contributed by atoms with Crippen molar-refractivity contribution in [3.05, 3.63) is 71.8 Å². The number of hydrogen-bond donors (Lipinski definition) is 0. The number of rotatable bonds is 2. The lowest BCUT2D eigenvalue weighted by Gasteiger charge is -2.57. The van der Waals surface area contributed by atoms with Crippen molar-refractivity contribution in [3.63, 3.8) is 0 Å². The Morgan fingerprint density at radius 3 is 1.11 bits per heavy atom. The van der Waals surface area contributed by atoms with Crippen LogP contribution in [0.5, 0.6) is 0 Å². The van der Waals surface area contributed by atoms with E-state index in [4.69, 9.17) is 9.47 Å². The number of amides is 8. The molecule has 0 atom stereocenters. The molecule has 0 aromatic heterocycles. The summed E-state index contributed by atoms with van der Waals surface area (Å²) in [5.74, 6) is 0. The molecule has 14 heteroatoms. The van der Waals surface area contributed by atoms with Crippen molar-refractivity contribution in [1.82, 2.24) is 39.2 Å². The van der Waals surface area contributed by atoms with Crippen LogP contribution in [0.4, 0.5) is 19.2 Å². The van der Waals surface area contributed by atoms with Gasteiger partial charge in [-0.3, -0.25) is 39.2 Å². The molecular weight excluding hydrogens is 580 g/mol. The third-order valence-electron chi connectivity index (χ3n) is 11.7. The van der Waals surface area contributed by atoms with E-state index in [9.17, 15) is 19.2 Å². The monoisotopic (exact) mass is 612 g/mol. The first-order valence-electron chi connectivity index (χ1n) is 15.6. The lowest BCUT2D eigenvalue weighted by Crippen LogP contribution is -2.75. The second-order valence-corrected chi connectivity index (χ2v) is 13.0. The molecular formula is C31H32N8O6. The first-order valence-corrected chi connectivity index (χ1v) is 15.6. The molecule has 2 aromatic rings. The lowest BCUT2D eigenvalue weighted by molar-refractivity contribution is -0.204. The van der Waals surface area contributed by atoms with Gasteiger partial charge < -0.3 is 9.47 Å². The molecule has 45 heavy (non-hydrogen) atoms. The third kappa shape index (κ3) is 2.41. The highest BCUT2D eigenvalue weighted by molar-refractivity contribution is 5.93. The second kappa shape index (κ2) is 8.17. The topological polar surface area (TPSA) is 113 Å². The van der Waals surface area contributed by atoms with Gasteiger partial charge in [-0.05, 0) is 25.7 Å². The zero-order valence-corrected chi connectivity index (χ0v) is 24.6. The van der Waals surface area contributed by atoms with Crippen LogP contribution in [0.25, 0.3) is 0 Å². The molecule has 8 amide bonds. The Hall–Kier alpha value is -4.56. The lowest BCUT2D eigenvalue weighted by atomic mass is 9.78. The average Bonchev–Trinajstić information content (AvgIpc) is 3.60. The Bertz CT molecular complexity index is 1490. The summed E-state index contributed by atoms with van der Waals surface area (Å²) in [4.78, 5) is 72.9. The highest BCUT2D eigenvalue weighted by Gasteiger charge is 2.86. The minimum Gasteiger partial charge on any atom is -0.340 e. The van der Waals surface area contributed by atoms with Crippen LogP contribution >= 0.6 is 0 Å². The summed E-state index contributed by atoms with van der Waals surface area (Å²) in [5.41, 5.74) is -3.29. The summed E-state index contributed by atoms with van der Waals surface area (Å²) in [6.45, 7) is -0.244. The van der Waals surface area contributed by atoms with Crippen LogP contribution in [0, 0.1) is 0 Å². The SMILES string of the molecule is O=C1N2CN3C(=O)N4COCN5C(=O)N6CN7C(=O)N8COCN1[C@]8(c1ccccc1)[C@@]72CCCCC[C@]36[C@@]54c1ccccc1.